The molecule has 1 N–H and O–H groups in total. The molecule has 0 aliphatic carbocycles. The predicted molar refractivity (Wildman–Crippen MR) is 75.9 cm³/mol. The Morgan fingerprint density at radius 3 is 2.50 bits per heavy atom. The van der Waals surface area contributed by atoms with Gasteiger partial charge < -0.3 is 5.11 Å². The summed E-state index contributed by atoms with van der Waals surface area (Å²) in [4.78, 5) is 6.96. The van der Waals surface area contributed by atoms with Gasteiger partial charge in [0.15, 0.2) is 0 Å². The fourth-order valence-corrected chi connectivity index (χ4v) is 3.19. The normalized spacial score (nSPS) is 20.2. The number of thiazole rings is 1. The summed E-state index contributed by atoms with van der Waals surface area (Å²) in [5, 5.41) is 13.5. The number of hydrogen-bond donors (Lipinski definition) is 1. The summed E-state index contributed by atoms with van der Waals surface area (Å²) < 4.78 is 0. The van der Waals surface area contributed by atoms with Crippen LogP contribution >= 0.6 is 11.3 Å². The second-order valence-electron chi connectivity index (χ2n) is 6.78. The number of nitrogens with zero attached hydrogens (tertiary/aromatic N) is 2. The summed E-state index contributed by atoms with van der Waals surface area (Å²) >= 11 is 1.73. The van der Waals surface area contributed by atoms with Gasteiger partial charge in [0.1, 0.15) is 5.01 Å². The summed E-state index contributed by atoms with van der Waals surface area (Å²) in [7, 11) is 0. The minimum Gasteiger partial charge on any atom is -0.387 e. The third-order valence-electron chi connectivity index (χ3n) is 3.75. The van der Waals surface area contributed by atoms with Crippen LogP contribution in [0.5, 0.6) is 0 Å². The highest BCUT2D eigenvalue weighted by Gasteiger charge is 2.43. The van der Waals surface area contributed by atoms with Gasteiger partial charge in [0.2, 0.25) is 0 Å². The Labute approximate surface area is 114 Å². The quantitative estimate of drug-likeness (QED) is 0.915. The summed E-state index contributed by atoms with van der Waals surface area (Å²) in [6, 6.07) is 0. The molecule has 1 aliphatic rings. The van der Waals surface area contributed by atoms with Gasteiger partial charge in [0.05, 0.1) is 17.8 Å². The fraction of sp³-hybridized carbons (Fsp3) is 0.786. The van der Waals surface area contributed by atoms with E-state index in [1.165, 1.54) is 5.69 Å². The van der Waals surface area contributed by atoms with Crippen LogP contribution in [-0.4, -0.2) is 33.7 Å². The molecule has 1 aliphatic heterocycles. The molecule has 1 fully saturated rings. The summed E-state index contributed by atoms with van der Waals surface area (Å²) in [6.45, 7) is 13.1. The van der Waals surface area contributed by atoms with Crippen molar-refractivity contribution in [2.24, 2.45) is 5.92 Å². The van der Waals surface area contributed by atoms with Gasteiger partial charge >= 0.3 is 0 Å². The van der Waals surface area contributed by atoms with Crippen LogP contribution in [-0.2, 0) is 12.0 Å². The first kappa shape index (κ1) is 14.0. The van der Waals surface area contributed by atoms with Crippen LogP contribution < -0.4 is 0 Å². The molecule has 1 aromatic rings. The molecule has 0 aromatic carbocycles. The van der Waals surface area contributed by atoms with Crippen molar-refractivity contribution < 1.29 is 5.11 Å². The number of rotatable bonds is 3. The van der Waals surface area contributed by atoms with E-state index >= 15 is 0 Å². The molecule has 4 heteroatoms. The zero-order chi connectivity index (χ0) is 13.6. The van der Waals surface area contributed by atoms with E-state index < -0.39 is 5.60 Å². The Kier molecular flexibility index (Phi) is 3.56. The summed E-state index contributed by atoms with van der Waals surface area (Å²) in [5.74, 6) is 0.329. The maximum Gasteiger partial charge on any atom is 0.107 e. The lowest BCUT2D eigenvalue weighted by Gasteiger charge is -2.48. The van der Waals surface area contributed by atoms with Crippen LogP contribution in [0.15, 0.2) is 5.38 Å². The van der Waals surface area contributed by atoms with Crippen LogP contribution in [0.3, 0.4) is 0 Å². The third kappa shape index (κ3) is 2.76. The van der Waals surface area contributed by atoms with Crippen LogP contribution in [0.1, 0.15) is 45.3 Å². The number of aromatic nitrogens is 1. The lowest BCUT2D eigenvalue weighted by Crippen LogP contribution is -2.63. The average molecular weight is 268 g/mol. The first-order valence-electron chi connectivity index (χ1n) is 6.60. The third-order valence-corrected chi connectivity index (χ3v) is 4.58. The Bertz CT molecular complexity index is 414. The molecule has 18 heavy (non-hydrogen) atoms. The van der Waals surface area contributed by atoms with Gasteiger partial charge in [0.25, 0.3) is 0 Å². The van der Waals surface area contributed by atoms with E-state index in [1.54, 1.807) is 11.3 Å². The second kappa shape index (κ2) is 4.58. The van der Waals surface area contributed by atoms with Gasteiger partial charge in [-0.3, -0.25) is 4.90 Å². The van der Waals surface area contributed by atoms with Crippen LogP contribution in [0.25, 0.3) is 0 Å². The topological polar surface area (TPSA) is 36.4 Å². The van der Waals surface area contributed by atoms with Gasteiger partial charge in [-0.2, -0.15) is 0 Å². The van der Waals surface area contributed by atoms with Gasteiger partial charge in [-0.05, 0) is 5.92 Å². The Balaban J connectivity index is 1.91. The van der Waals surface area contributed by atoms with Crippen molar-refractivity contribution in [3.63, 3.8) is 0 Å². The molecule has 1 saturated heterocycles. The van der Waals surface area contributed by atoms with E-state index in [9.17, 15) is 5.11 Å². The number of likely N-dealkylation sites (tertiary alicyclic amines) is 1. The van der Waals surface area contributed by atoms with E-state index in [4.69, 9.17) is 4.98 Å². The number of hydrogen-bond acceptors (Lipinski definition) is 4. The van der Waals surface area contributed by atoms with Crippen molar-refractivity contribution in [3.8, 4) is 0 Å². The Hall–Kier alpha value is -0.450. The molecule has 0 spiro atoms. The van der Waals surface area contributed by atoms with E-state index in [2.05, 4.69) is 44.9 Å². The van der Waals surface area contributed by atoms with Crippen molar-refractivity contribution in [1.82, 2.24) is 9.88 Å². The lowest BCUT2D eigenvalue weighted by atomic mass is 9.83. The highest BCUT2D eigenvalue weighted by molar-refractivity contribution is 7.09. The van der Waals surface area contributed by atoms with Gasteiger partial charge in [-0.1, -0.05) is 34.6 Å². The molecule has 1 aromatic heterocycles. The van der Waals surface area contributed by atoms with Gasteiger partial charge in [-0.15, -0.1) is 11.3 Å². The molecule has 102 valence electrons. The standard InChI is InChI=1S/C14H24N2OS/c1-10(2)14(17)8-16(9-14)6-12-15-11(7-18-12)13(3,4)5/h7,10,17H,6,8-9H2,1-5H3. The van der Waals surface area contributed by atoms with E-state index in [0.717, 1.165) is 24.6 Å². The molecular weight excluding hydrogens is 244 g/mol. The molecule has 0 unspecified atom stereocenters. The number of aliphatic hydroxyl groups is 1. The summed E-state index contributed by atoms with van der Waals surface area (Å²) in [5.41, 5.74) is 0.814. The molecule has 0 amide bonds. The first-order chi connectivity index (χ1) is 8.21. The van der Waals surface area contributed by atoms with E-state index in [-0.39, 0.29) is 5.41 Å². The van der Waals surface area contributed by atoms with Crippen molar-refractivity contribution in [2.75, 3.05) is 13.1 Å². The first-order valence-corrected chi connectivity index (χ1v) is 7.48. The molecule has 0 saturated carbocycles. The van der Waals surface area contributed by atoms with Crippen LogP contribution in [0.4, 0.5) is 0 Å². The minimum atomic E-state index is -0.482. The minimum absolute atomic E-state index is 0.127. The molecule has 0 bridgehead atoms. The smallest absolute Gasteiger partial charge is 0.107 e. The maximum absolute atomic E-state index is 10.2. The average Bonchev–Trinajstić information content (AvgIpc) is 2.62. The largest absolute Gasteiger partial charge is 0.387 e. The Morgan fingerprint density at radius 1 is 1.44 bits per heavy atom. The highest BCUT2D eigenvalue weighted by Crippen LogP contribution is 2.31. The molecule has 3 nitrogen and oxygen atoms in total. The monoisotopic (exact) mass is 268 g/mol. The highest BCUT2D eigenvalue weighted by atomic mass is 32.1. The zero-order valence-electron chi connectivity index (χ0n) is 12.0. The van der Waals surface area contributed by atoms with Crippen molar-refractivity contribution in [3.05, 3.63) is 16.1 Å². The molecule has 0 radical (unpaired) electrons. The van der Waals surface area contributed by atoms with E-state index in [1.807, 2.05) is 0 Å². The molecule has 2 rings (SSSR count). The maximum atomic E-state index is 10.2. The van der Waals surface area contributed by atoms with Crippen LogP contribution in [0.2, 0.25) is 0 Å². The molecule has 2 heterocycles. The number of β-amino-alcohol motifs (C(OH)–C–C–N with tert-alkyl or cyclic N) is 1. The van der Waals surface area contributed by atoms with Crippen molar-refractivity contribution >= 4 is 11.3 Å². The fourth-order valence-electron chi connectivity index (χ4n) is 2.12. The van der Waals surface area contributed by atoms with Gasteiger partial charge in [-0.25, -0.2) is 4.98 Å². The predicted octanol–water partition coefficient (Wildman–Crippen LogP) is 2.64. The van der Waals surface area contributed by atoms with Gasteiger partial charge in [0, 0.05) is 23.9 Å². The van der Waals surface area contributed by atoms with E-state index in [0.29, 0.717) is 5.92 Å². The molecular formula is C14H24N2OS. The SMILES string of the molecule is CC(C)C1(O)CN(Cc2nc(C(C)(C)C)cs2)C1. The van der Waals surface area contributed by atoms with Crippen LogP contribution in [0, 0.1) is 5.92 Å². The Morgan fingerprint density at radius 2 is 2.06 bits per heavy atom. The lowest BCUT2D eigenvalue weighted by molar-refractivity contribution is -0.130. The van der Waals surface area contributed by atoms with Crippen molar-refractivity contribution in [1.29, 1.82) is 0 Å². The second-order valence-corrected chi connectivity index (χ2v) is 7.72. The molecule has 0 atom stereocenters. The summed E-state index contributed by atoms with van der Waals surface area (Å²) in [6.07, 6.45) is 0. The zero-order valence-corrected chi connectivity index (χ0v) is 12.8. The van der Waals surface area contributed by atoms with Crippen molar-refractivity contribution in [2.45, 2.75) is 52.2 Å².